The molecule has 0 heterocycles. The topological polar surface area (TPSA) is 0 Å². The lowest BCUT2D eigenvalue weighted by molar-refractivity contribution is 1.57. The first-order valence-electron chi connectivity index (χ1n) is 2.69. The summed E-state index contributed by atoms with van der Waals surface area (Å²) in [4.78, 5) is 0. The molecule has 0 rings (SSSR count). The second kappa shape index (κ2) is 11.1. The standard InChI is InChI=1S/C4H10S6/c5-7-1-3-9-10-4-2-8-6/h5-6H,1-4H2. The van der Waals surface area contributed by atoms with E-state index in [1.807, 2.05) is 21.6 Å². The fraction of sp³-hybridized carbons (Fsp3) is 1.00. The average molecular weight is 251 g/mol. The van der Waals surface area contributed by atoms with Gasteiger partial charge < -0.3 is 0 Å². The van der Waals surface area contributed by atoms with Gasteiger partial charge in [-0.25, -0.2) is 0 Å². The van der Waals surface area contributed by atoms with Crippen molar-refractivity contribution in [3.8, 4) is 0 Å². The highest BCUT2D eigenvalue weighted by Crippen LogP contribution is 2.24. The quantitative estimate of drug-likeness (QED) is 0.403. The van der Waals surface area contributed by atoms with E-state index in [1.165, 1.54) is 11.5 Å². The summed E-state index contributed by atoms with van der Waals surface area (Å²) in [6.45, 7) is 0. The first-order valence-corrected chi connectivity index (χ1v) is 9.25. The molecule has 0 fully saturated rings. The van der Waals surface area contributed by atoms with Crippen molar-refractivity contribution in [2.24, 2.45) is 0 Å². The molecule has 0 spiro atoms. The van der Waals surface area contributed by atoms with Crippen molar-refractivity contribution in [2.75, 3.05) is 23.0 Å². The monoisotopic (exact) mass is 250 g/mol. The van der Waals surface area contributed by atoms with Crippen molar-refractivity contribution in [1.29, 1.82) is 0 Å². The molecule has 10 heavy (non-hydrogen) atoms. The van der Waals surface area contributed by atoms with Gasteiger partial charge in [-0.1, -0.05) is 43.2 Å². The van der Waals surface area contributed by atoms with Gasteiger partial charge in [0.2, 0.25) is 0 Å². The van der Waals surface area contributed by atoms with Crippen LogP contribution in [0.2, 0.25) is 0 Å². The minimum absolute atomic E-state index is 1.13. The molecular weight excluding hydrogens is 240 g/mol. The maximum atomic E-state index is 4.04. The van der Waals surface area contributed by atoms with Gasteiger partial charge in [-0.15, -0.1) is 23.3 Å². The number of hydrogen-bond acceptors (Lipinski definition) is 6. The van der Waals surface area contributed by atoms with Crippen LogP contribution in [0.3, 0.4) is 0 Å². The summed E-state index contributed by atoms with van der Waals surface area (Å²) >= 11 is 8.08. The second-order valence-corrected chi connectivity index (χ2v) is 6.89. The number of rotatable bonds is 7. The molecule has 6 heteroatoms. The summed E-state index contributed by atoms with van der Waals surface area (Å²) in [5.74, 6) is 4.65. The fourth-order valence-electron chi connectivity index (χ4n) is 0.260. The summed E-state index contributed by atoms with van der Waals surface area (Å²) in [7, 11) is 7.05. The molecule has 0 aliphatic carbocycles. The normalized spacial score (nSPS) is 10.2. The summed E-state index contributed by atoms with van der Waals surface area (Å²) in [5, 5.41) is 0. The average Bonchev–Trinajstić information content (AvgIpc) is 1.97. The van der Waals surface area contributed by atoms with Crippen molar-refractivity contribution in [3.63, 3.8) is 0 Å². The molecule has 0 radical (unpaired) electrons. The van der Waals surface area contributed by atoms with E-state index in [9.17, 15) is 0 Å². The Labute approximate surface area is 88.8 Å². The van der Waals surface area contributed by atoms with E-state index in [1.54, 1.807) is 21.6 Å². The third kappa shape index (κ3) is 10.1. The smallest absolute Gasteiger partial charge is 0.0136 e. The first kappa shape index (κ1) is 12.1. The van der Waals surface area contributed by atoms with E-state index < -0.39 is 0 Å². The maximum Gasteiger partial charge on any atom is 0.0136 e. The minimum Gasteiger partial charge on any atom is -0.111 e. The number of hydrogen-bond donors (Lipinski definition) is 2. The zero-order chi connectivity index (χ0) is 7.66. The Bertz CT molecular complexity index is 49.7. The zero-order valence-electron chi connectivity index (χ0n) is 5.36. The van der Waals surface area contributed by atoms with Gasteiger partial charge in [0.25, 0.3) is 0 Å². The lowest BCUT2D eigenvalue weighted by atomic mass is 11.0. The van der Waals surface area contributed by atoms with Crippen molar-refractivity contribution >= 4 is 66.5 Å². The number of thiol groups is 2. The minimum atomic E-state index is 1.13. The lowest BCUT2D eigenvalue weighted by Gasteiger charge is -1.96. The third-order valence-electron chi connectivity index (χ3n) is 0.599. The molecule has 0 amide bonds. The molecule has 0 atom stereocenters. The van der Waals surface area contributed by atoms with E-state index in [0.717, 1.165) is 11.5 Å². The Kier molecular flexibility index (Phi) is 13.4. The Balaban J connectivity index is 2.65. The predicted molar refractivity (Wildman–Crippen MR) is 67.8 cm³/mol. The lowest BCUT2D eigenvalue weighted by Crippen LogP contribution is -1.80. The highest BCUT2D eigenvalue weighted by atomic mass is 33.1. The molecule has 0 saturated carbocycles. The van der Waals surface area contributed by atoms with Crippen LogP contribution in [0.4, 0.5) is 0 Å². The van der Waals surface area contributed by atoms with Crippen LogP contribution in [0.25, 0.3) is 0 Å². The highest BCUT2D eigenvalue weighted by Gasteiger charge is 1.89. The summed E-state index contributed by atoms with van der Waals surface area (Å²) < 4.78 is 0. The van der Waals surface area contributed by atoms with Crippen LogP contribution in [0.1, 0.15) is 0 Å². The van der Waals surface area contributed by atoms with Gasteiger partial charge in [0.05, 0.1) is 0 Å². The Hall–Kier alpha value is 2.10. The molecule has 0 aromatic carbocycles. The molecule has 0 N–H and O–H groups in total. The molecule has 0 aromatic heterocycles. The Morgan fingerprint density at radius 2 is 1.10 bits per heavy atom. The second-order valence-electron chi connectivity index (χ2n) is 1.31. The van der Waals surface area contributed by atoms with Crippen LogP contribution in [-0.4, -0.2) is 23.0 Å². The van der Waals surface area contributed by atoms with Crippen LogP contribution >= 0.6 is 66.5 Å². The summed E-state index contributed by atoms with van der Waals surface area (Å²) in [6, 6.07) is 0. The Morgan fingerprint density at radius 3 is 1.40 bits per heavy atom. The molecule has 0 aliphatic heterocycles. The fourth-order valence-corrected chi connectivity index (χ4v) is 4.91. The van der Waals surface area contributed by atoms with E-state index >= 15 is 0 Å². The van der Waals surface area contributed by atoms with Crippen LogP contribution in [0, 0.1) is 0 Å². The molecule has 62 valence electrons. The SMILES string of the molecule is SSCCSSCCSS. The van der Waals surface area contributed by atoms with Gasteiger partial charge in [-0.05, 0) is 0 Å². The molecule has 0 bridgehead atoms. The molecule has 0 unspecified atom stereocenters. The largest absolute Gasteiger partial charge is 0.111 e. The molecule has 0 nitrogen and oxygen atoms in total. The maximum absolute atomic E-state index is 4.04. The van der Waals surface area contributed by atoms with E-state index in [2.05, 4.69) is 23.3 Å². The van der Waals surface area contributed by atoms with Gasteiger partial charge in [-0.3, -0.25) is 0 Å². The van der Waals surface area contributed by atoms with E-state index in [0.29, 0.717) is 0 Å². The Morgan fingerprint density at radius 1 is 0.700 bits per heavy atom. The highest BCUT2D eigenvalue weighted by molar-refractivity contribution is 8.77. The van der Waals surface area contributed by atoms with Crippen LogP contribution in [0.15, 0.2) is 0 Å². The van der Waals surface area contributed by atoms with Gasteiger partial charge in [0.1, 0.15) is 0 Å². The van der Waals surface area contributed by atoms with Gasteiger partial charge in [0.15, 0.2) is 0 Å². The van der Waals surface area contributed by atoms with E-state index in [4.69, 9.17) is 0 Å². The van der Waals surface area contributed by atoms with Gasteiger partial charge >= 0.3 is 0 Å². The molecule has 0 saturated heterocycles. The van der Waals surface area contributed by atoms with Crippen molar-refractivity contribution in [3.05, 3.63) is 0 Å². The van der Waals surface area contributed by atoms with Crippen LogP contribution < -0.4 is 0 Å². The van der Waals surface area contributed by atoms with Crippen molar-refractivity contribution in [2.45, 2.75) is 0 Å². The molecular formula is C4H10S6. The van der Waals surface area contributed by atoms with Crippen LogP contribution in [0.5, 0.6) is 0 Å². The van der Waals surface area contributed by atoms with Crippen LogP contribution in [-0.2, 0) is 0 Å². The van der Waals surface area contributed by atoms with Crippen molar-refractivity contribution < 1.29 is 0 Å². The van der Waals surface area contributed by atoms with Gasteiger partial charge in [-0.2, -0.15) is 0 Å². The first-order chi connectivity index (χ1) is 4.91. The van der Waals surface area contributed by atoms with Gasteiger partial charge in [0, 0.05) is 23.0 Å². The zero-order valence-corrected chi connectivity index (χ0v) is 10.4. The predicted octanol–water partition coefficient (Wildman–Crippen LogP) is 3.52. The summed E-state index contributed by atoms with van der Waals surface area (Å²) in [6.07, 6.45) is 0. The molecule has 0 aromatic rings. The third-order valence-corrected chi connectivity index (χ3v) is 5.39. The van der Waals surface area contributed by atoms with E-state index in [-0.39, 0.29) is 0 Å². The molecule has 0 aliphatic rings. The van der Waals surface area contributed by atoms with Crippen molar-refractivity contribution in [1.82, 2.24) is 0 Å². The summed E-state index contributed by atoms with van der Waals surface area (Å²) in [5.41, 5.74) is 0.